The summed E-state index contributed by atoms with van der Waals surface area (Å²) in [5, 5.41) is 10.4. The van der Waals surface area contributed by atoms with E-state index < -0.39 is 0 Å². The molecule has 6 rings (SSSR count). The van der Waals surface area contributed by atoms with Crippen molar-refractivity contribution in [2.24, 2.45) is 7.05 Å². The van der Waals surface area contributed by atoms with Gasteiger partial charge < -0.3 is 20.5 Å². The number of carbonyl (C=O) groups is 2. The van der Waals surface area contributed by atoms with E-state index in [0.29, 0.717) is 17.8 Å². The molecule has 3 N–H and O–H groups in total. The Hall–Kier alpha value is -4.46. The molecule has 0 spiro atoms. The molecule has 2 amide bonds. The maximum atomic E-state index is 13.0. The third-order valence-corrected chi connectivity index (χ3v) is 7.35. The smallest absolute Gasteiger partial charge is 0.251 e. The van der Waals surface area contributed by atoms with E-state index in [1.165, 1.54) is 18.9 Å². The van der Waals surface area contributed by atoms with Crippen LogP contribution in [0.4, 0.5) is 11.5 Å². The molecule has 2 aromatic carbocycles. The molecule has 2 aromatic heterocycles. The van der Waals surface area contributed by atoms with Gasteiger partial charge in [-0.1, -0.05) is 37.6 Å². The van der Waals surface area contributed by atoms with Gasteiger partial charge in [0.1, 0.15) is 17.8 Å². The standard InChI is InChI=1S/C29H28N6O2/c1-3-23(36)33-21-11-8-17(9-12-21)26-24-22-13-10-18(29(37)34-20-6-4-5-7-20)14-19(22)15-30-27-25(24)28(35(26)2)32-16-31-27/h3,8-14,16,20H,1,4-7,15H2,2H3,(H,33,36)(H,34,37)(H,30,31,32). The van der Waals surface area contributed by atoms with Gasteiger partial charge in [-0.05, 0) is 59.9 Å². The van der Waals surface area contributed by atoms with Crippen LogP contribution in [0.3, 0.4) is 0 Å². The molecule has 0 saturated heterocycles. The Kier molecular flexibility index (Phi) is 5.71. The van der Waals surface area contributed by atoms with E-state index in [-0.39, 0.29) is 17.9 Å². The average molecular weight is 493 g/mol. The van der Waals surface area contributed by atoms with E-state index in [2.05, 4.69) is 37.1 Å². The Labute approximate surface area is 214 Å². The molecular weight excluding hydrogens is 464 g/mol. The first-order chi connectivity index (χ1) is 18.0. The van der Waals surface area contributed by atoms with Crippen molar-refractivity contribution < 1.29 is 9.59 Å². The second kappa shape index (κ2) is 9.20. The fraction of sp³-hybridized carbons (Fsp3) is 0.241. The Bertz CT molecular complexity index is 1550. The average Bonchev–Trinajstić information content (AvgIpc) is 3.49. The Morgan fingerprint density at radius 3 is 2.65 bits per heavy atom. The highest BCUT2D eigenvalue weighted by atomic mass is 16.2. The molecule has 2 aliphatic rings. The van der Waals surface area contributed by atoms with Gasteiger partial charge in [0.25, 0.3) is 5.91 Å². The van der Waals surface area contributed by atoms with Crippen LogP contribution in [0.15, 0.2) is 61.4 Å². The number of anilines is 2. The van der Waals surface area contributed by atoms with Gasteiger partial charge in [-0.25, -0.2) is 9.97 Å². The second-order valence-corrected chi connectivity index (χ2v) is 9.65. The van der Waals surface area contributed by atoms with Crippen molar-refractivity contribution >= 4 is 34.4 Å². The molecule has 37 heavy (non-hydrogen) atoms. The van der Waals surface area contributed by atoms with Crippen molar-refractivity contribution in [3.8, 4) is 22.4 Å². The van der Waals surface area contributed by atoms with E-state index in [0.717, 1.165) is 57.6 Å². The van der Waals surface area contributed by atoms with Crippen LogP contribution in [0.2, 0.25) is 0 Å². The van der Waals surface area contributed by atoms with Crippen LogP contribution >= 0.6 is 0 Å². The van der Waals surface area contributed by atoms with Crippen LogP contribution in [0, 0.1) is 0 Å². The summed E-state index contributed by atoms with van der Waals surface area (Å²) in [6, 6.07) is 13.9. The topological polar surface area (TPSA) is 101 Å². The van der Waals surface area contributed by atoms with Crippen LogP contribution in [-0.4, -0.2) is 32.4 Å². The fourth-order valence-corrected chi connectivity index (χ4v) is 5.53. The highest BCUT2D eigenvalue weighted by Gasteiger charge is 2.27. The lowest BCUT2D eigenvalue weighted by Crippen LogP contribution is -2.32. The number of fused-ring (bicyclic) bond motifs is 2. The summed E-state index contributed by atoms with van der Waals surface area (Å²) in [5.74, 6) is 0.494. The SMILES string of the molecule is C=CC(=O)Nc1ccc(-c2c3c4c(ncnc4n2C)NCc2cc(C(=O)NC4CCCC4)ccc2-3)cc1. The number of nitrogens with one attached hydrogen (secondary N) is 3. The van der Waals surface area contributed by atoms with Crippen molar-refractivity contribution in [2.45, 2.75) is 38.3 Å². The van der Waals surface area contributed by atoms with Gasteiger partial charge in [-0.15, -0.1) is 0 Å². The van der Waals surface area contributed by atoms with Gasteiger partial charge in [0.15, 0.2) is 0 Å². The van der Waals surface area contributed by atoms with Gasteiger partial charge in [-0.3, -0.25) is 9.59 Å². The first kappa shape index (κ1) is 23.0. The number of amides is 2. The first-order valence-electron chi connectivity index (χ1n) is 12.6. The van der Waals surface area contributed by atoms with E-state index in [4.69, 9.17) is 0 Å². The van der Waals surface area contributed by atoms with Crippen LogP contribution in [0.1, 0.15) is 41.6 Å². The zero-order chi connectivity index (χ0) is 25.5. The lowest BCUT2D eigenvalue weighted by atomic mass is 9.94. The fourth-order valence-electron chi connectivity index (χ4n) is 5.53. The summed E-state index contributed by atoms with van der Waals surface area (Å²) in [6.45, 7) is 4.06. The molecule has 8 nitrogen and oxygen atoms in total. The summed E-state index contributed by atoms with van der Waals surface area (Å²) in [4.78, 5) is 33.9. The normalized spacial score (nSPS) is 14.5. The second-order valence-electron chi connectivity index (χ2n) is 9.65. The van der Waals surface area contributed by atoms with Crippen molar-refractivity contribution in [2.75, 3.05) is 10.6 Å². The first-order valence-corrected chi connectivity index (χ1v) is 12.6. The number of carbonyl (C=O) groups excluding carboxylic acids is 2. The molecule has 0 unspecified atom stereocenters. The quantitative estimate of drug-likeness (QED) is 0.340. The molecule has 4 aromatic rings. The largest absolute Gasteiger partial charge is 0.365 e. The number of aryl methyl sites for hydroxylation is 1. The van der Waals surface area contributed by atoms with Gasteiger partial charge >= 0.3 is 0 Å². The molecule has 8 heteroatoms. The molecule has 1 aliphatic heterocycles. The van der Waals surface area contributed by atoms with Crippen molar-refractivity contribution in [1.82, 2.24) is 19.9 Å². The summed E-state index contributed by atoms with van der Waals surface area (Å²) >= 11 is 0. The number of aromatic nitrogens is 3. The van der Waals surface area contributed by atoms with E-state index in [1.54, 1.807) is 6.33 Å². The Balaban J connectivity index is 1.46. The molecule has 0 radical (unpaired) electrons. The molecule has 1 fully saturated rings. The van der Waals surface area contributed by atoms with Gasteiger partial charge in [0.05, 0.1) is 11.1 Å². The number of rotatable bonds is 5. The molecule has 0 atom stereocenters. The third kappa shape index (κ3) is 4.04. The highest BCUT2D eigenvalue weighted by molar-refractivity contribution is 6.10. The molecule has 186 valence electrons. The van der Waals surface area contributed by atoms with Crippen molar-refractivity contribution in [1.29, 1.82) is 0 Å². The van der Waals surface area contributed by atoms with Gasteiger partial charge in [-0.2, -0.15) is 0 Å². The maximum absolute atomic E-state index is 13.0. The molecule has 1 aliphatic carbocycles. The van der Waals surface area contributed by atoms with Crippen LogP contribution in [0.25, 0.3) is 33.4 Å². The predicted molar refractivity (Wildman–Crippen MR) is 145 cm³/mol. The van der Waals surface area contributed by atoms with Crippen molar-refractivity contribution in [3.63, 3.8) is 0 Å². The number of benzene rings is 2. The van der Waals surface area contributed by atoms with Crippen LogP contribution < -0.4 is 16.0 Å². The van der Waals surface area contributed by atoms with Crippen LogP contribution in [0.5, 0.6) is 0 Å². The zero-order valence-corrected chi connectivity index (χ0v) is 20.7. The molecular formula is C29H28N6O2. The minimum absolute atomic E-state index is 0.0214. The molecule has 1 saturated carbocycles. The number of hydrogen-bond acceptors (Lipinski definition) is 5. The van der Waals surface area contributed by atoms with E-state index in [1.807, 2.05) is 49.5 Å². The minimum Gasteiger partial charge on any atom is -0.365 e. The number of nitrogens with zero attached hydrogens (tertiary/aromatic N) is 3. The van der Waals surface area contributed by atoms with Crippen LogP contribution in [-0.2, 0) is 18.4 Å². The van der Waals surface area contributed by atoms with E-state index in [9.17, 15) is 9.59 Å². The lowest BCUT2D eigenvalue weighted by Gasteiger charge is -2.15. The molecule has 0 bridgehead atoms. The Morgan fingerprint density at radius 2 is 1.89 bits per heavy atom. The minimum atomic E-state index is -0.253. The molecule has 3 heterocycles. The third-order valence-electron chi connectivity index (χ3n) is 7.35. The summed E-state index contributed by atoms with van der Waals surface area (Å²) in [7, 11) is 2.00. The lowest BCUT2D eigenvalue weighted by molar-refractivity contribution is -0.111. The monoisotopic (exact) mass is 492 g/mol. The maximum Gasteiger partial charge on any atom is 0.251 e. The van der Waals surface area contributed by atoms with Crippen molar-refractivity contribution in [3.05, 3.63) is 72.6 Å². The van der Waals surface area contributed by atoms with Gasteiger partial charge in [0, 0.05) is 36.4 Å². The summed E-state index contributed by atoms with van der Waals surface area (Å²) < 4.78 is 2.07. The predicted octanol–water partition coefficient (Wildman–Crippen LogP) is 5.02. The van der Waals surface area contributed by atoms with E-state index >= 15 is 0 Å². The highest BCUT2D eigenvalue weighted by Crippen LogP contribution is 2.45. The zero-order valence-electron chi connectivity index (χ0n) is 20.7. The Morgan fingerprint density at radius 1 is 1.11 bits per heavy atom. The summed E-state index contributed by atoms with van der Waals surface area (Å²) in [6.07, 6.45) is 7.27. The van der Waals surface area contributed by atoms with Gasteiger partial charge in [0.2, 0.25) is 5.91 Å². The summed E-state index contributed by atoms with van der Waals surface area (Å²) in [5.41, 5.74) is 7.25. The number of hydrogen-bond donors (Lipinski definition) is 3.